The Bertz CT molecular complexity index is 497. The molecule has 4 nitrogen and oxygen atoms in total. The van der Waals surface area contributed by atoms with Gasteiger partial charge in [-0.3, -0.25) is 0 Å². The van der Waals surface area contributed by atoms with Gasteiger partial charge in [-0.15, -0.1) is 0 Å². The highest BCUT2D eigenvalue weighted by molar-refractivity contribution is 7.89. The van der Waals surface area contributed by atoms with Crippen LogP contribution in [0.4, 0.5) is 0 Å². The van der Waals surface area contributed by atoms with Crippen LogP contribution in [0.2, 0.25) is 0 Å². The number of ether oxygens (including phenoxy) is 1. The van der Waals surface area contributed by atoms with E-state index in [0.717, 1.165) is 17.7 Å². The van der Waals surface area contributed by atoms with Crippen LogP contribution in [-0.2, 0) is 16.4 Å². The molecule has 1 unspecified atom stereocenters. The first-order valence-corrected chi connectivity index (χ1v) is 8.26. The van der Waals surface area contributed by atoms with Crippen molar-refractivity contribution in [1.29, 1.82) is 0 Å². The Morgan fingerprint density at radius 3 is 2.42 bits per heavy atom. The van der Waals surface area contributed by atoms with E-state index in [1.807, 2.05) is 38.1 Å². The third-order valence-corrected chi connectivity index (χ3v) is 4.09. The molecular formula is C14H23NO3S. The summed E-state index contributed by atoms with van der Waals surface area (Å²) in [6, 6.07) is 7.81. The van der Waals surface area contributed by atoms with Gasteiger partial charge < -0.3 is 4.74 Å². The molecule has 5 heteroatoms. The van der Waals surface area contributed by atoms with E-state index in [1.54, 1.807) is 0 Å². The molecule has 19 heavy (non-hydrogen) atoms. The molecule has 1 aromatic carbocycles. The first kappa shape index (κ1) is 16.0. The molecule has 0 saturated carbocycles. The molecule has 1 atom stereocenters. The van der Waals surface area contributed by atoms with Gasteiger partial charge in [0.25, 0.3) is 0 Å². The molecule has 0 bridgehead atoms. The van der Waals surface area contributed by atoms with Crippen molar-refractivity contribution in [3.05, 3.63) is 29.8 Å². The number of primary sulfonamides is 1. The van der Waals surface area contributed by atoms with Crippen molar-refractivity contribution in [2.24, 2.45) is 17.0 Å². The van der Waals surface area contributed by atoms with E-state index in [0.29, 0.717) is 6.61 Å². The first-order valence-electron chi connectivity index (χ1n) is 6.54. The first-order chi connectivity index (χ1) is 8.83. The van der Waals surface area contributed by atoms with Gasteiger partial charge in [0.2, 0.25) is 10.0 Å². The molecule has 0 spiro atoms. The van der Waals surface area contributed by atoms with Crippen molar-refractivity contribution in [2.45, 2.75) is 27.2 Å². The number of hydrogen-bond acceptors (Lipinski definition) is 3. The molecule has 2 N–H and O–H groups in total. The number of aryl methyl sites for hydroxylation is 1. The normalized spacial score (nSPS) is 13.5. The number of nitrogens with two attached hydrogens (primary N) is 1. The fourth-order valence-electron chi connectivity index (χ4n) is 1.86. The minimum absolute atomic E-state index is 0.0427. The Balaban J connectivity index is 2.71. The minimum Gasteiger partial charge on any atom is -0.493 e. The third kappa shape index (κ3) is 5.61. The van der Waals surface area contributed by atoms with E-state index in [2.05, 4.69) is 6.92 Å². The van der Waals surface area contributed by atoms with Crippen LogP contribution in [0.25, 0.3) is 0 Å². The van der Waals surface area contributed by atoms with Gasteiger partial charge in [-0.2, -0.15) is 0 Å². The van der Waals surface area contributed by atoms with Crippen molar-refractivity contribution in [1.82, 2.24) is 0 Å². The lowest BCUT2D eigenvalue weighted by molar-refractivity contribution is 0.223. The topological polar surface area (TPSA) is 69.4 Å². The summed E-state index contributed by atoms with van der Waals surface area (Å²) in [7, 11) is -3.47. The number of rotatable bonds is 7. The quantitative estimate of drug-likeness (QED) is 0.835. The van der Waals surface area contributed by atoms with Crippen molar-refractivity contribution >= 4 is 10.0 Å². The summed E-state index contributed by atoms with van der Waals surface area (Å²) in [5.41, 5.74) is 1.13. The van der Waals surface area contributed by atoms with Crippen LogP contribution in [0, 0.1) is 11.8 Å². The van der Waals surface area contributed by atoms with Gasteiger partial charge in [0, 0.05) is 5.92 Å². The van der Waals surface area contributed by atoms with Crippen LogP contribution >= 0.6 is 0 Å². The third-order valence-electron chi connectivity index (χ3n) is 3.20. The minimum atomic E-state index is -3.47. The largest absolute Gasteiger partial charge is 0.493 e. The van der Waals surface area contributed by atoms with Gasteiger partial charge in [0.15, 0.2) is 0 Å². The molecule has 0 aliphatic rings. The van der Waals surface area contributed by atoms with Gasteiger partial charge in [0.1, 0.15) is 5.75 Å². The summed E-state index contributed by atoms with van der Waals surface area (Å²) < 4.78 is 28.2. The average Bonchev–Trinajstić information content (AvgIpc) is 2.33. The number of benzene rings is 1. The van der Waals surface area contributed by atoms with Gasteiger partial charge in [0.05, 0.1) is 12.4 Å². The van der Waals surface area contributed by atoms with Crippen LogP contribution in [0.5, 0.6) is 5.75 Å². The SMILES string of the molecule is CCc1ccccc1OCC(CS(N)(=O)=O)C(C)C. The van der Waals surface area contributed by atoms with Crippen molar-refractivity contribution in [3.8, 4) is 5.75 Å². The Labute approximate surface area is 116 Å². The molecule has 108 valence electrons. The van der Waals surface area contributed by atoms with Crippen LogP contribution in [0.15, 0.2) is 24.3 Å². The zero-order chi connectivity index (χ0) is 14.5. The smallest absolute Gasteiger partial charge is 0.209 e. The van der Waals surface area contributed by atoms with E-state index < -0.39 is 10.0 Å². The highest BCUT2D eigenvalue weighted by Crippen LogP contribution is 2.21. The summed E-state index contributed by atoms with van der Waals surface area (Å²) in [5.74, 6) is 0.885. The molecule has 0 heterocycles. The van der Waals surface area contributed by atoms with Crippen LogP contribution in [0.3, 0.4) is 0 Å². The molecule has 0 amide bonds. The van der Waals surface area contributed by atoms with Crippen LogP contribution in [0.1, 0.15) is 26.3 Å². The maximum atomic E-state index is 11.2. The number of para-hydroxylation sites is 1. The van der Waals surface area contributed by atoms with E-state index in [9.17, 15) is 8.42 Å². The molecule has 1 rings (SSSR count). The zero-order valence-electron chi connectivity index (χ0n) is 11.8. The van der Waals surface area contributed by atoms with E-state index in [4.69, 9.17) is 9.88 Å². The second kappa shape index (κ2) is 6.91. The summed E-state index contributed by atoms with van der Waals surface area (Å²) in [5, 5.41) is 5.12. The van der Waals surface area contributed by atoms with E-state index in [-0.39, 0.29) is 17.6 Å². The predicted octanol–water partition coefficient (Wildman–Crippen LogP) is 2.19. The Morgan fingerprint density at radius 1 is 1.26 bits per heavy atom. The molecule has 0 saturated heterocycles. The summed E-state index contributed by atoms with van der Waals surface area (Å²) in [6.07, 6.45) is 0.887. The Kier molecular flexibility index (Phi) is 5.82. The fraction of sp³-hybridized carbons (Fsp3) is 0.571. The molecule has 0 fully saturated rings. The second-order valence-corrected chi connectivity index (χ2v) is 6.76. The second-order valence-electron chi connectivity index (χ2n) is 5.11. The van der Waals surface area contributed by atoms with E-state index in [1.165, 1.54) is 0 Å². The predicted molar refractivity (Wildman–Crippen MR) is 77.6 cm³/mol. The molecule has 0 aliphatic carbocycles. The highest BCUT2D eigenvalue weighted by Gasteiger charge is 2.20. The summed E-state index contributed by atoms with van der Waals surface area (Å²) in [4.78, 5) is 0. The highest BCUT2D eigenvalue weighted by atomic mass is 32.2. The molecule has 0 radical (unpaired) electrons. The summed E-state index contributed by atoms with van der Waals surface area (Å²) in [6.45, 7) is 6.38. The fourth-order valence-corrected chi connectivity index (χ4v) is 2.94. The lowest BCUT2D eigenvalue weighted by Gasteiger charge is -2.21. The Morgan fingerprint density at radius 2 is 1.89 bits per heavy atom. The Hall–Kier alpha value is -1.07. The average molecular weight is 285 g/mol. The van der Waals surface area contributed by atoms with Crippen LogP contribution < -0.4 is 9.88 Å². The zero-order valence-corrected chi connectivity index (χ0v) is 12.6. The monoisotopic (exact) mass is 285 g/mol. The van der Waals surface area contributed by atoms with E-state index >= 15 is 0 Å². The van der Waals surface area contributed by atoms with Gasteiger partial charge in [-0.1, -0.05) is 39.0 Å². The van der Waals surface area contributed by atoms with Gasteiger partial charge in [-0.05, 0) is 24.0 Å². The van der Waals surface area contributed by atoms with Crippen molar-refractivity contribution in [2.75, 3.05) is 12.4 Å². The molecule has 0 aliphatic heterocycles. The standard InChI is InChI=1S/C14H23NO3S/c1-4-12-7-5-6-8-14(12)18-9-13(11(2)3)10-19(15,16)17/h5-8,11,13H,4,9-10H2,1-3H3,(H2,15,16,17). The molecule has 0 aromatic heterocycles. The summed E-state index contributed by atoms with van der Waals surface area (Å²) >= 11 is 0. The maximum Gasteiger partial charge on any atom is 0.209 e. The molecular weight excluding hydrogens is 262 g/mol. The van der Waals surface area contributed by atoms with Gasteiger partial charge in [-0.25, -0.2) is 13.6 Å². The lowest BCUT2D eigenvalue weighted by atomic mass is 9.99. The molecule has 1 aromatic rings. The van der Waals surface area contributed by atoms with Crippen molar-refractivity contribution in [3.63, 3.8) is 0 Å². The van der Waals surface area contributed by atoms with Gasteiger partial charge >= 0.3 is 0 Å². The lowest BCUT2D eigenvalue weighted by Crippen LogP contribution is -2.30. The number of sulfonamides is 1. The number of hydrogen-bond donors (Lipinski definition) is 1. The van der Waals surface area contributed by atoms with Crippen molar-refractivity contribution < 1.29 is 13.2 Å². The van der Waals surface area contributed by atoms with Crippen LogP contribution in [-0.4, -0.2) is 20.8 Å². The maximum absolute atomic E-state index is 11.2.